The van der Waals surface area contributed by atoms with Crippen molar-refractivity contribution >= 4 is 0 Å². The molecule has 0 bridgehead atoms. The summed E-state index contributed by atoms with van der Waals surface area (Å²) in [6, 6.07) is 10.9. The fourth-order valence-electron chi connectivity index (χ4n) is 1.41. The number of hydrogen-bond donors (Lipinski definition) is 1. The number of likely N-dealkylation sites (N-methyl/N-ethyl adjacent to an activating group) is 2. The van der Waals surface area contributed by atoms with Gasteiger partial charge in [0.05, 0.1) is 0 Å². The molecular formula is C13H24N2. The van der Waals surface area contributed by atoms with Crippen molar-refractivity contribution in [2.45, 2.75) is 19.9 Å². The summed E-state index contributed by atoms with van der Waals surface area (Å²) in [4.78, 5) is 2.19. The zero-order chi connectivity index (χ0) is 11.7. The van der Waals surface area contributed by atoms with Crippen LogP contribution >= 0.6 is 0 Å². The summed E-state index contributed by atoms with van der Waals surface area (Å²) in [7, 11) is 6.18. The van der Waals surface area contributed by atoms with E-state index in [1.54, 1.807) is 0 Å². The molecule has 0 amide bonds. The maximum atomic E-state index is 3.31. The molecule has 0 radical (unpaired) electrons. The van der Waals surface area contributed by atoms with E-state index < -0.39 is 0 Å². The minimum atomic E-state index is 0.427. The summed E-state index contributed by atoms with van der Waals surface area (Å²) >= 11 is 0. The molecule has 2 nitrogen and oxygen atoms in total. The highest BCUT2D eigenvalue weighted by atomic mass is 15.1. The number of rotatable bonds is 4. The molecule has 1 unspecified atom stereocenters. The van der Waals surface area contributed by atoms with Gasteiger partial charge in [-0.15, -0.1) is 0 Å². The lowest BCUT2D eigenvalue weighted by atomic mass is 10.1. The van der Waals surface area contributed by atoms with Crippen LogP contribution in [0.1, 0.15) is 25.5 Å². The van der Waals surface area contributed by atoms with Gasteiger partial charge in [0.2, 0.25) is 0 Å². The number of benzene rings is 1. The van der Waals surface area contributed by atoms with Gasteiger partial charge >= 0.3 is 0 Å². The van der Waals surface area contributed by atoms with Gasteiger partial charge in [0, 0.05) is 12.6 Å². The molecule has 2 heteroatoms. The third-order valence-electron chi connectivity index (χ3n) is 2.10. The van der Waals surface area contributed by atoms with Gasteiger partial charge in [0.15, 0.2) is 0 Å². The summed E-state index contributed by atoms with van der Waals surface area (Å²) in [5.74, 6) is 0. The lowest BCUT2D eigenvalue weighted by molar-refractivity contribution is 0.353. The molecule has 0 saturated heterocycles. The normalized spacial score (nSPS) is 11.9. The Bertz CT molecular complexity index is 232. The summed E-state index contributed by atoms with van der Waals surface area (Å²) < 4.78 is 0. The van der Waals surface area contributed by atoms with Crippen molar-refractivity contribution in [2.24, 2.45) is 0 Å². The maximum Gasteiger partial charge on any atom is 0.0446 e. The molecule has 0 fully saturated rings. The van der Waals surface area contributed by atoms with E-state index in [1.165, 1.54) is 5.56 Å². The van der Waals surface area contributed by atoms with Crippen LogP contribution in [0.25, 0.3) is 0 Å². The summed E-state index contributed by atoms with van der Waals surface area (Å²) in [6.45, 7) is 5.03. The minimum Gasteiger partial charge on any atom is -0.312 e. The van der Waals surface area contributed by atoms with Crippen LogP contribution in [0.15, 0.2) is 30.3 Å². The number of nitrogens with one attached hydrogen (secondary N) is 1. The zero-order valence-corrected chi connectivity index (χ0v) is 10.6. The van der Waals surface area contributed by atoms with E-state index in [-0.39, 0.29) is 0 Å². The maximum absolute atomic E-state index is 3.31. The van der Waals surface area contributed by atoms with Crippen LogP contribution in [-0.2, 0) is 0 Å². The minimum absolute atomic E-state index is 0.427. The van der Waals surface area contributed by atoms with Gasteiger partial charge in [0.1, 0.15) is 0 Å². The predicted octanol–water partition coefficient (Wildman–Crippen LogP) is 2.53. The molecule has 0 aliphatic carbocycles. The van der Waals surface area contributed by atoms with Crippen molar-refractivity contribution in [2.75, 3.05) is 27.7 Å². The Morgan fingerprint density at radius 3 is 2.07 bits per heavy atom. The predicted molar refractivity (Wildman–Crippen MR) is 68.1 cm³/mol. The summed E-state index contributed by atoms with van der Waals surface area (Å²) in [6.07, 6.45) is 0. The molecule has 0 saturated carbocycles. The first-order chi connectivity index (χ1) is 7.24. The van der Waals surface area contributed by atoms with Crippen LogP contribution in [0.5, 0.6) is 0 Å². The van der Waals surface area contributed by atoms with Crippen LogP contribution in [-0.4, -0.2) is 32.6 Å². The first kappa shape index (κ1) is 14.1. The molecule has 0 spiro atoms. The van der Waals surface area contributed by atoms with Crippen LogP contribution in [0.3, 0.4) is 0 Å². The Kier molecular flexibility index (Phi) is 7.96. The first-order valence-corrected chi connectivity index (χ1v) is 5.61. The molecule has 15 heavy (non-hydrogen) atoms. The molecule has 0 aliphatic rings. The summed E-state index contributed by atoms with van der Waals surface area (Å²) in [5, 5.41) is 3.31. The molecule has 0 heterocycles. The van der Waals surface area contributed by atoms with Gasteiger partial charge in [-0.3, -0.25) is 0 Å². The fourth-order valence-corrected chi connectivity index (χ4v) is 1.41. The molecule has 0 aromatic heterocycles. The topological polar surface area (TPSA) is 15.3 Å². The third kappa shape index (κ3) is 5.55. The Labute approximate surface area is 94.3 Å². The van der Waals surface area contributed by atoms with Gasteiger partial charge in [-0.1, -0.05) is 44.2 Å². The van der Waals surface area contributed by atoms with Gasteiger partial charge in [0.25, 0.3) is 0 Å². The van der Waals surface area contributed by atoms with Gasteiger partial charge in [-0.25, -0.2) is 0 Å². The highest BCUT2D eigenvalue weighted by molar-refractivity contribution is 5.19. The molecule has 1 aromatic rings. The fraction of sp³-hybridized carbons (Fsp3) is 0.538. The van der Waals surface area contributed by atoms with Crippen molar-refractivity contribution in [1.29, 1.82) is 0 Å². The molecule has 1 N–H and O–H groups in total. The number of nitrogens with zero attached hydrogens (tertiary/aromatic N) is 1. The Balaban J connectivity index is 0.000000921. The van der Waals surface area contributed by atoms with E-state index >= 15 is 0 Å². The third-order valence-corrected chi connectivity index (χ3v) is 2.10. The highest BCUT2D eigenvalue weighted by Gasteiger charge is 2.08. The monoisotopic (exact) mass is 208 g/mol. The Morgan fingerprint density at radius 2 is 1.67 bits per heavy atom. The van der Waals surface area contributed by atoms with Gasteiger partial charge < -0.3 is 10.2 Å². The van der Waals surface area contributed by atoms with Crippen LogP contribution in [0, 0.1) is 0 Å². The largest absolute Gasteiger partial charge is 0.312 e. The van der Waals surface area contributed by atoms with Crippen molar-refractivity contribution in [3.8, 4) is 0 Å². The molecule has 86 valence electrons. The van der Waals surface area contributed by atoms with E-state index in [4.69, 9.17) is 0 Å². The molecule has 1 aromatic carbocycles. The van der Waals surface area contributed by atoms with Crippen LogP contribution in [0.4, 0.5) is 0 Å². The van der Waals surface area contributed by atoms with E-state index in [0.29, 0.717) is 6.04 Å². The second-order valence-corrected chi connectivity index (χ2v) is 3.51. The van der Waals surface area contributed by atoms with E-state index in [1.807, 2.05) is 27.0 Å². The van der Waals surface area contributed by atoms with Crippen molar-refractivity contribution in [3.63, 3.8) is 0 Å². The van der Waals surface area contributed by atoms with Gasteiger partial charge in [-0.2, -0.15) is 0 Å². The smallest absolute Gasteiger partial charge is 0.0446 e. The zero-order valence-electron chi connectivity index (χ0n) is 10.6. The molecule has 1 atom stereocenters. The quantitative estimate of drug-likeness (QED) is 0.818. The second-order valence-electron chi connectivity index (χ2n) is 3.51. The lowest BCUT2D eigenvalue weighted by Crippen LogP contribution is -2.28. The van der Waals surface area contributed by atoms with E-state index in [9.17, 15) is 0 Å². The summed E-state index contributed by atoms with van der Waals surface area (Å²) in [5.41, 5.74) is 1.35. The number of hydrogen-bond acceptors (Lipinski definition) is 2. The SMILES string of the molecule is CC.CNC(CN(C)C)c1ccccc1. The Hall–Kier alpha value is -0.860. The highest BCUT2D eigenvalue weighted by Crippen LogP contribution is 2.11. The molecular weight excluding hydrogens is 184 g/mol. The van der Waals surface area contributed by atoms with Crippen molar-refractivity contribution < 1.29 is 0 Å². The lowest BCUT2D eigenvalue weighted by Gasteiger charge is -2.20. The van der Waals surface area contributed by atoms with E-state index in [2.05, 4.69) is 48.6 Å². The van der Waals surface area contributed by atoms with Crippen LogP contribution in [0.2, 0.25) is 0 Å². The first-order valence-electron chi connectivity index (χ1n) is 5.61. The van der Waals surface area contributed by atoms with Crippen LogP contribution < -0.4 is 5.32 Å². The van der Waals surface area contributed by atoms with E-state index in [0.717, 1.165) is 6.54 Å². The molecule has 0 aliphatic heterocycles. The Morgan fingerprint density at radius 1 is 1.13 bits per heavy atom. The van der Waals surface area contributed by atoms with Crippen molar-refractivity contribution in [1.82, 2.24) is 10.2 Å². The second kappa shape index (κ2) is 8.45. The standard InChI is InChI=1S/C11H18N2.C2H6/c1-12-11(9-13(2)3)10-7-5-4-6-8-10;1-2/h4-8,11-12H,9H2,1-3H3;1-2H3. The average molecular weight is 208 g/mol. The molecule has 1 rings (SSSR count). The van der Waals surface area contributed by atoms with Crippen molar-refractivity contribution in [3.05, 3.63) is 35.9 Å². The average Bonchev–Trinajstić information content (AvgIpc) is 2.29. The van der Waals surface area contributed by atoms with Gasteiger partial charge in [-0.05, 0) is 26.7 Å².